The summed E-state index contributed by atoms with van der Waals surface area (Å²) in [4.78, 5) is 32.8. The van der Waals surface area contributed by atoms with Gasteiger partial charge in [0.2, 0.25) is 0 Å². The molecule has 2 aliphatic rings. The number of nitrogens with zero attached hydrogens (tertiary/aromatic N) is 5. The Morgan fingerprint density at radius 2 is 2.00 bits per heavy atom. The van der Waals surface area contributed by atoms with Crippen molar-refractivity contribution in [2.45, 2.75) is 39.3 Å². The molecular formula is C26H26ClFN6O3. The first-order valence-electron chi connectivity index (χ1n) is 12.1. The van der Waals surface area contributed by atoms with E-state index in [1.165, 1.54) is 6.33 Å². The van der Waals surface area contributed by atoms with Crippen molar-refractivity contribution in [3.63, 3.8) is 0 Å². The Bertz CT molecular complexity index is 1570. The van der Waals surface area contributed by atoms with E-state index in [0.29, 0.717) is 47.7 Å². The molecule has 6 rings (SSSR count). The number of amides is 1. The van der Waals surface area contributed by atoms with Gasteiger partial charge in [0.15, 0.2) is 11.6 Å². The zero-order valence-electron chi connectivity index (χ0n) is 20.9. The van der Waals surface area contributed by atoms with Crippen LogP contribution in [-0.4, -0.2) is 68.8 Å². The summed E-state index contributed by atoms with van der Waals surface area (Å²) in [6, 6.07) is 3.56. The molecule has 37 heavy (non-hydrogen) atoms. The first-order chi connectivity index (χ1) is 17.6. The van der Waals surface area contributed by atoms with Crippen LogP contribution in [0.25, 0.3) is 33.1 Å². The zero-order chi connectivity index (χ0) is 26.1. The van der Waals surface area contributed by atoms with Crippen molar-refractivity contribution in [1.82, 2.24) is 24.8 Å². The third-order valence-corrected chi connectivity index (χ3v) is 7.14. The molecule has 0 radical (unpaired) electrons. The number of ether oxygens (including phenoxy) is 2. The van der Waals surface area contributed by atoms with E-state index in [2.05, 4.69) is 19.9 Å². The average molecular weight is 525 g/mol. The smallest absolute Gasteiger partial charge is 0.410 e. The number of rotatable bonds is 1. The molecule has 2 aromatic carbocycles. The van der Waals surface area contributed by atoms with Gasteiger partial charge in [-0.15, -0.1) is 0 Å². The van der Waals surface area contributed by atoms with E-state index in [-0.39, 0.29) is 34.8 Å². The SMILES string of the molecule is Cc1ccc2[nH]cnc2c1-c1c(Cl)c2c3c(ncnc3c1F)N1CCN(C(=O)OC(C)(C)C)C[C@H]1CO2. The number of hydrogen-bond donors (Lipinski definition) is 1. The van der Waals surface area contributed by atoms with Crippen LogP contribution in [-0.2, 0) is 4.74 Å². The summed E-state index contributed by atoms with van der Waals surface area (Å²) >= 11 is 6.93. The second kappa shape index (κ2) is 8.44. The van der Waals surface area contributed by atoms with Gasteiger partial charge in [0.1, 0.15) is 29.9 Å². The maximum atomic E-state index is 16.3. The predicted molar refractivity (Wildman–Crippen MR) is 139 cm³/mol. The monoisotopic (exact) mass is 524 g/mol. The largest absolute Gasteiger partial charge is 0.489 e. The lowest BCUT2D eigenvalue weighted by Crippen LogP contribution is -2.57. The van der Waals surface area contributed by atoms with Crippen LogP contribution in [0.2, 0.25) is 5.02 Å². The Morgan fingerprint density at radius 1 is 1.19 bits per heavy atom. The minimum atomic E-state index is -0.597. The van der Waals surface area contributed by atoms with Gasteiger partial charge in [-0.25, -0.2) is 24.1 Å². The van der Waals surface area contributed by atoms with Gasteiger partial charge in [-0.3, -0.25) is 0 Å². The molecular weight excluding hydrogens is 499 g/mol. The first-order valence-corrected chi connectivity index (χ1v) is 12.5. The molecule has 11 heteroatoms. The Balaban J connectivity index is 1.47. The summed E-state index contributed by atoms with van der Waals surface area (Å²) < 4.78 is 28.1. The van der Waals surface area contributed by atoms with E-state index in [0.717, 1.165) is 11.1 Å². The number of carbonyl (C=O) groups excluding carboxylic acids is 1. The molecule has 0 bridgehead atoms. The summed E-state index contributed by atoms with van der Waals surface area (Å²) in [5.74, 6) is 0.308. The first kappa shape index (κ1) is 23.7. The topological polar surface area (TPSA) is 96.5 Å². The molecule has 0 spiro atoms. The lowest BCUT2D eigenvalue weighted by atomic mass is 9.96. The highest BCUT2D eigenvalue weighted by Gasteiger charge is 2.38. The Hall–Kier alpha value is -3.66. The van der Waals surface area contributed by atoms with E-state index in [1.807, 2.05) is 44.7 Å². The molecule has 1 atom stereocenters. The molecule has 192 valence electrons. The van der Waals surface area contributed by atoms with Crippen molar-refractivity contribution >= 4 is 45.4 Å². The van der Waals surface area contributed by atoms with Crippen LogP contribution in [0.1, 0.15) is 26.3 Å². The summed E-state index contributed by atoms with van der Waals surface area (Å²) in [5, 5.41) is 0.567. The van der Waals surface area contributed by atoms with Crippen LogP contribution in [0.5, 0.6) is 5.75 Å². The second-order valence-corrected chi connectivity index (χ2v) is 10.8. The van der Waals surface area contributed by atoms with Gasteiger partial charge in [0.25, 0.3) is 0 Å². The van der Waals surface area contributed by atoms with Crippen molar-refractivity contribution in [2.24, 2.45) is 0 Å². The van der Waals surface area contributed by atoms with Crippen molar-refractivity contribution in [2.75, 3.05) is 31.1 Å². The lowest BCUT2D eigenvalue weighted by molar-refractivity contribution is 0.0202. The zero-order valence-corrected chi connectivity index (χ0v) is 21.7. The van der Waals surface area contributed by atoms with Crippen LogP contribution in [0, 0.1) is 12.7 Å². The average Bonchev–Trinajstić information content (AvgIpc) is 3.26. The molecule has 4 heterocycles. The maximum Gasteiger partial charge on any atom is 0.410 e. The van der Waals surface area contributed by atoms with Crippen molar-refractivity contribution in [3.8, 4) is 16.9 Å². The van der Waals surface area contributed by atoms with E-state index in [9.17, 15) is 4.79 Å². The van der Waals surface area contributed by atoms with Crippen molar-refractivity contribution in [3.05, 3.63) is 41.2 Å². The fourth-order valence-corrected chi connectivity index (χ4v) is 5.46. The molecule has 4 aromatic rings. The molecule has 0 unspecified atom stereocenters. The van der Waals surface area contributed by atoms with Gasteiger partial charge < -0.3 is 24.3 Å². The van der Waals surface area contributed by atoms with Crippen LogP contribution >= 0.6 is 11.6 Å². The van der Waals surface area contributed by atoms with E-state index < -0.39 is 11.4 Å². The highest BCUT2D eigenvalue weighted by Crippen LogP contribution is 2.49. The van der Waals surface area contributed by atoms with Crippen molar-refractivity contribution < 1.29 is 18.7 Å². The standard InChI is InChI=1S/C26H26ClFN6O3/c1-13-5-6-15-21(30-11-29-15)16(13)17-19(27)23-18-22(20(17)28)31-12-32-24(18)34-8-7-33(9-14(34)10-36-23)25(35)37-26(2,3)4/h5-6,11-12,14H,7-10H2,1-4H3,(H,29,30)/t14-/m0/s1. The summed E-state index contributed by atoms with van der Waals surface area (Å²) in [7, 11) is 0. The number of hydrogen-bond acceptors (Lipinski definition) is 7. The molecule has 0 aliphatic carbocycles. The molecule has 2 aromatic heterocycles. The molecule has 1 N–H and O–H groups in total. The second-order valence-electron chi connectivity index (χ2n) is 10.4. The van der Waals surface area contributed by atoms with Gasteiger partial charge in [-0.2, -0.15) is 0 Å². The van der Waals surface area contributed by atoms with Crippen LogP contribution in [0.4, 0.5) is 15.0 Å². The number of benzene rings is 2. The van der Waals surface area contributed by atoms with E-state index in [4.69, 9.17) is 21.1 Å². The maximum absolute atomic E-state index is 16.3. The number of halogens is 2. The number of nitrogens with one attached hydrogen (secondary N) is 1. The molecule has 0 saturated carbocycles. The third-order valence-electron chi connectivity index (χ3n) is 6.78. The molecule has 1 fully saturated rings. The van der Waals surface area contributed by atoms with Crippen molar-refractivity contribution in [1.29, 1.82) is 0 Å². The van der Waals surface area contributed by atoms with Crippen LogP contribution < -0.4 is 9.64 Å². The quantitative estimate of drug-likeness (QED) is 0.370. The fraction of sp³-hybridized carbons (Fsp3) is 0.385. The summed E-state index contributed by atoms with van der Waals surface area (Å²) in [6.45, 7) is 8.90. The number of aryl methyl sites for hydroxylation is 1. The lowest BCUT2D eigenvalue weighted by Gasteiger charge is -2.41. The highest BCUT2D eigenvalue weighted by molar-refractivity contribution is 6.37. The Labute approximate surface area is 217 Å². The Kier molecular flexibility index (Phi) is 5.41. The highest BCUT2D eigenvalue weighted by atomic mass is 35.5. The number of piperazine rings is 1. The molecule has 2 aliphatic heterocycles. The number of anilines is 1. The van der Waals surface area contributed by atoms with Gasteiger partial charge in [-0.05, 0) is 39.3 Å². The van der Waals surface area contributed by atoms with Crippen LogP contribution in [0.3, 0.4) is 0 Å². The number of fused-ring (bicyclic) bond motifs is 3. The van der Waals surface area contributed by atoms with E-state index >= 15 is 4.39 Å². The van der Waals surface area contributed by atoms with Gasteiger partial charge in [0.05, 0.1) is 33.8 Å². The predicted octanol–water partition coefficient (Wildman–Crippen LogP) is 5.09. The minimum Gasteiger partial charge on any atom is -0.489 e. The van der Waals surface area contributed by atoms with Gasteiger partial charge in [-0.1, -0.05) is 17.7 Å². The van der Waals surface area contributed by atoms with Crippen LogP contribution in [0.15, 0.2) is 24.8 Å². The normalized spacial score (nSPS) is 17.5. The summed E-state index contributed by atoms with van der Waals surface area (Å²) in [5.41, 5.74) is 2.51. The minimum absolute atomic E-state index is 0.126. The fourth-order valence-electron chi connectivity index (χ4n) is 5.14. The van der Waals surface area contributed by atoms with Gasteiger partial charge >= 0.3 is 6.09 Å². The molecule has 1 amide bonds. The number of aromatic nitrogens is 4. The summed E-state index contributed by atoms with van der Waals surface area (Å²) in [6.07, 6.45) is 2.55. The van der Waals surface area contributed by atoms with E-state index in [1.54, 1.807) is 11.2 Å². The number of aromatic amines is 1. The Morgan fingerprint density at radius 3 is 2.78 bits per heavy atom. The molecule has 1 saturated heterocycles. The number of imidazole rings is 1. The third kappa shape index (κ3) is 3.81. The number of H-pyrrole nitrogens is 1. The number of carbonyl (C=O) groups is 1. The molecule has 9 nitrogen and oxygen atoms in total. The van der Waals surface area contributed by atoms with Gasteiger partial charge in [0, 0.05) is 30.8 Å².